The Bertz CT molecular complexity index is 838. The predicted octanol–water partition coefficient (Wildman–Crippen LogP) is 1.35. The van der Waals surface area contributed by atoms with Crippen molar-refractivity contribution in [1.82, 2.24) is 14.8 Å². The fourth-order valence-corrected chi connectivity index (χ4v) is 3.16. The summed E-state index contributed by atoms with van der Waals surface area (Å²) >= 11 is 0. The van der Waals surface area contributed by atoms with E-state index in [1.807, 2.05) is 18.2 Å². The summed E-state index contributed by atoms with van der Waals surface area (Å²) < 4.78 is 6.48. The topological polar surface area (TPSA) is 80.6 Å². The Morgan fingerprint density at radius 3 is 2.64 bits per heavy atom. The van der Waals surface area contributed by atoms with E-state index in [0.717, 1.165) is 5.52 Å². The smallest absolute Gasteiger partial charge is 0.409 e. The van der Waals surface area contributed by atoms with Gasteiger partial charge in [-0.2, -0.15) is 0 Å². The lowest BCUT2D eigenvalue weighted by Crippen LogP contribution is -2.47. The lowest BCUT2D eigenvalue weighted by atomic mass is 10.1. The number of para-hydroxylation sites is 1. The summed E-state index contributed by atoms with van der Waals surface area (Å²) in [4.78, 5) is 37.4. The Balaban J connectivity index is 1.62. The van der Waals surface area contributed by atoms with Gasteiger partial charge >= 0.3 is 6.09 Å². The van der Waals surface area contributed by atoms with E-state index in [4.69, 9.17) is 4.74 Å². The van der Waals surface area contributed by atoms with Gasteiger partial charge in [-0.1, -0.05) is 12.1 Å². The Kier molecular flexibility index (Phi) is 5.02. The molecule has 0 saturated carbocycles. The Morgan fingerprint density at radius 1 is 1.20 bits per heavy atom. The molecule has 25 heavy (non-hydrogen) atoms. The van der Waals surface area contributed by atoms with E-state index in [-0.39, 0.29) is 30.0 Å². The van der Waals surface area contributed by atoms with Gasteiger partial charge in [0.2, 0.25) is 5.91 Å². The van der Waals surface area contributed by atoms with E-state index in [1.54, 1.807) is 21.7 Å². The van der Waals surface area contributed by atoms with Gasteiger partial charge in [0.05, 0.1) is 12.6 Å². The molecule has 0 bridgehead atoms. The zero-order chi connectivity index (χ0) is 17.8. The number of aromatic nitrogens is 1. The number of nitrogens with one attached hydrogen (secondary N) is 1. The van der Waals surface area contributed by atoms with Crippen molar-refractivity contribution in [3.63, 3.8) is 0 Å². The van der Waals surface area contributed by atoms with Crippen LogP contribution < -0.4 is 10.7 Å². The van der Waals surface area contributed by atoms with Gasteiger partial charge in [0.15, 0.2) is 5.43 Å². The zero-order valence-electron chi connectivity index (χ0n) is 14.1. The van der Waals surface area contributed by atoms with Crippen molar-refractivity contribution in [2.24, 2.45) is 0 Å². The summed E-state index contributed by atoms with van der Waals surface area (Å²) in [5.41, 5.74) is 0.688. The quantitative estimate of drug-likeness (QED) is 0.912. The molecule has 132 valence electrons. The number of fused-ring (bicyclic) bond motifs is 1. The van der Waals surface area contributed by atoms with Crippen molar-refractivity contribution < 1.29 is 14.3 Å². The number of carbonyl (C=O) groups is 2. The second-order valence-electron chi connectivity index (χ2n) is 6.12. The van der Waals surface area contributed by atoms with Crippen LogP contribution in [-0.4, -0.2) is 47.7 Å². The highest BCUT2D eigenvalue weighted by atomic mass is 16.5. The minimum absolute atomic E-state index is 0.0408. The summed E-state index contributed by atoms with van der Waals surface area (Å²) in [6.07, 6.45) is 2.71. The van der Waals surface area contributed by atoms with Crippen molar-refractivity contribution in [1.29, 1.82) is 0 Å². The number of nitrogens with zero attached hydrogens (tertiary/aromatic N) is 2. The highest BCUT2D eigenvalue weighted by molar-refractivity contribution is 5.82. The van der Waals surface area contributed by atoms with Crippen molar-refractivity contribution in [3.05, 3.63) is 46.8 Å². The highest BCUT2D eigenvalue weighted by Crippen LogP contribution is 2.12. The molecule has 2 amide bonds. The molecule has 1 aliphatic heterocycles. The van der Waals surface area contributed by atoms with E-state index in [0.29, 0.717) is 31.3 Å². The van der Waals surface area contributed by atoms with Crippen molar-refractivity contribution in [3.8, 4) is 0 Å². The van der Waals surface area contributed by atoms with Crippen molar-refractivity contribution in [2.45, 2.75) is 25.4 Å². The van der Waals surface area contributed by atoms with Gasteiger partial charge in [-0.25, -0.2) is 4.79 Å². The minimum atomic E-state index is -0.329. The fourth-order valence-electron chi connectivity index (χ4n) is 3.16. The molecule has 0 spiro atoms. The summed E-state index contributed by atoms with van der Waals surface area (Å²) in [5.74, 6) is -0.106. The van der Waals surface area contributed by atoms with Gasteiger partial charge in [-0.3, -0.25) is 9.59 Å². The SMILES string of the molecule is COC(=O)N1CCC(NC(=O)Cn2ccc(=O)c3ccccc32)CC1. The Labute approximate surface area is 145 Å². The van der Waals surface area contributed by atoms with Gasteiger partial charge in [0.25, 0.3) is 0 Å². The molecule has 7 heteroatoms. The van der Waals surface area contributed by atoms with Gasteiger partial charge in [0.1, 0.15) is 6.54 Å². The molecule has 2 aromatic rings. The lowest BCUT2D eigenvalue weighted by molar-refractivity contribution is -0.122. The zero-order valence-corrected chi connectivity index (χ0v) is 14.1. The number of ether oxygens (including phenoxy) is 1. The van der Waals surface area contributed by atoms with Gasteiger partial charge in [-0.05, 0) is 25.0 Å². The number of hydrogen-bond donors (Lipinski definition) is 1. The van der Waals surface area contributed by atoms with E-state index in [9.17, 15) is 14.4 Å². The summed E-state index contributed by atoms with van der Waals surface area (Å²) in [5, 5.41) is 3.61. The molecular weight excluding hydrogens is 322 g/mol. The summed E-state index contributed by atoms with van der Waals surface area (Å²) in [6, 6.07) is 8.76. The molecule has 2 heterocycles. The Hall–Kier alpha value is -2.83. The molecule has 0 radical (unpaired) electrons. The standard InChI is InChI=1S/C18H21N3O4/c1-25-18(24)20-9-6-13(7-10-20)19-17(23)12-21-11-8-16(22)14-4-2-3-5-15(14)21/h2-5,8,11,13H,6-7,9-10,12H2,1H3,(H,19,23). The van der Waals surface area contributed by atoms with Gasteiger partial charge < -0.3 is 19.5 Å². The number of hydrogen-bond acceptors (Lipinski definition) is 4. The molecule has 1 aliphatic rings. The second kappa shape index (κ2) is 7.38. The normalized spacial score (nSPS) is 15.2. The average molecular weight is 343 g/mol. The van der Waals surface area contributed by atoms with E-state index in [1.165, 1.54) is 13.2 Å². The van der Waals surface area contributed by atoms with Crippen molar-refractivity contribution in [2.75, 3.05) is 20.2 Å². The maximum Gasteiger partial charge on any atom is 0.409 e. The number of rotatable bonds is 3. The third kappa shape index (κ3) is 3.81. The van der Waals surface area contributed by atoms with Crippen LogP contribution in [0.3, 0.4) is 0 Å². The average Bonchev–Trinajstić information content (AvgIpc) is 2.64. The molecule has 0 atom stereocenters. The molecule has 7 nitrogen and oxygen atoms in total. The molecule has 1 aromatic carbocycles. The maximum absolute atomic E-state index is 12.4. The van der Waals surface area contributed by atoms with Gasteiger partial charge in [-0.15, -0.1) is 0 Å². The van der Waals surface area contributed by atoms with Gasteiger partial charge in [0, 0.05) is 36.8 Å². The minimum Gasteiger partial charge on any atom is -0.453 e. The van der Waals surface area contributed by atoms with Crippen LogP contribution in [0.25, 0.3) is 10.9 Å². The van der Waals surface area contributed by atoms with E-state index in [2.05, 4.69) is 5.32 Å². The number of benzene rings is 1. The van der Waals surface area contributed by atoms with Crippen LogP contribution in [0.15, 0.2) is 41.3 Å². The Morgan fingerprint density at radius 2 is 1.92 bits per heavy atom. The summed E-state index contributed by atoms with van der Waals surface area (Å²) in [6.45, 7) is 1.29. The van der Waals surface area contributed by atoms with Crippen LogP contribution in [-0.2, 0) is 16.1 Å². The molecule has 1 fully saturated rings. The van der Waals surface area contributed by atoms with E-state index >= 15 is 0 Å². The lowest BCUT2D eigenvalue weighted by Gasteiger charge is -2.31. The largest absolute Gasteiger partial charge is 0.453 e. The first kappa shape index (κ1) is 17.0. The number of methoxy groups -OCH3 is 1. The third-order valence-corrected chi connectivity index (χ3v) is 4.49. The molecule has 1 N–H and O–H groups in total. The maximum atomic E-state index is 12.4. The van der Waals surface area contributed by atoms with Crippen molar-refractivity contribution >= 4 is 22.9 Å². The monoisotopic (exact) mass is 343 g/mol. The highest BCUT2D eigenvalue weighted by Gasteiger charge is 2.24. The van der Waals surface area contributed by atoms with E-state index < -0.39 is 0 Å². The van der Waals surface area contributed by atoms with Crippen LogP contribution in [0.1, 0.15) is 12.8 Å². The number of carbonyl (C=O) groups excluding carboxylic acids is 2. The molecule has 1 aromatic heterocycles. The first-order valence-electron chi connectivity index (χ1n) is 8.29. The number of amides is 2. The fraction of sp³-hybridized carbons (Fsp3) is 0.389. The van der Waals surface area contributed by atoms with Crippen LogP contribution in [0, 0.1) is 0 Å². The molecule has 0 aliphatic carbocycles. The number of piperidine rings is 1. The number of pyridine rings is 1. The molecular formula is C18H21N3O4. The predicted molar refractivity (Wildman–Crippen MR) is 93.4 cm³/mol. The van der Waals surface area contributed by atoms with Crippen LogP contribution in [0.5, 0.6) is 0 Å². The first-order valence-corrected chi connectivity index (χ1v) is 8.29. The third-order valence-electron chi connectivity index (χ3n) is 4.49. The molecule has 1 saturated heterocycles. The molecule has 3 rings (SSSR count). The van der Waals surface area contributed by atoms with Crippen LogP contribution in [0.4, 0.5) is 4.79 Å². The number of likely N-dealkylation sites (tertiary alicyclic amines) is 1. The van der Waals surface area contributed by atoms with Crippen LogP contribution in [0.2, 0.25) is 0 Å². The van der Waals surface area contributed by atoms with Crippen LogP contribution >= 0.6 is 0 Å². The molecule has 0 unspecified atom stereocenters. The first-order chi connectivity index (χ1) is 12.1. The second-order valence-corrected chi connectivity index (χ2v) is 6.12. The summed E-state index contributed by atoms with van der Waals surface area (Å²) in [7, 11) is 1.37.